The third-order valence-electron chi connectivity index (χ3n) is 1.02. The van der Waals surface area contributed by atoms with Crippen molar-refractivity contribution >= 4 is 50.8 Å². The summed E-state index contributed by atoms with van der Waals surface area (Å²) < 4.78 is 0. The van der Waals surface area contributed by atoms with E-state index in [0.717, 1.165) is 11.5 Å². The summed E-state index contributed by atoms with van der Waals surface area (Å²) in [4.78, 5) is 7.62. The minimum absolute atomic E-state index is 0. The van der Waals surface area contributed by atoms with Gasteiger partial charge in [-0.2, -0.15) is 0 Å². The normalized spacial score (nSPS) is 12.5. The number of thioether (sulfide) groups is 2. The lowest BCUT2D eigenvalue weighted by molar-refractivity contribution is 1.43. The van der Waals surface area contributed by atoms with Crippen LogP contribution < -0.4 is 11.5 Å². The molecular formula is C6H15BrN4S2. The molecule has 0 aromatic rings. The van der Waals surface area contributed by atoms with E-state index in [9.17, 15) is 0 Å². The SMILES string of the molecule is Br.CN=C(N)SCCSC(N)=NC. The number of aliphatic imine (C=N–C) groups is 2. The molecule has 0 aliphatic rings. The molecule has 0 aromatic carbocycles. The molecule has 4 N–H and O–H groups in total. The van der Waals surface area contributed by atoms with Gasteiger partial charge in [-0.3, -0.25) is 9.98 Å². The molecule has 0 unspecified atom stereocenters. The molecule has 0 spiro atoms. The zero-order valence-corrected chi connectivity index (χ0v) is 11.0. The highest BCUT2D eigenvalue weighted by atomic mass is 79.9. The van der Waals surface area contributed by atoms with Gasteiger partial charge >= 0.3 is 0 Å². The lowest BCUT2D eigenvalue weighted by Crippen LogP contribution is -2.10. The predicted molar refractivity (Wildman–Crippen MR) is 70.3 cm³/mol. The molecule has 0 radical (unpaired) electrons. The second-order valence-corrected chi connectivity index (χ2v) is 4.05. The van der Waals surface area contributed by atoms with Gasteiger partial charge in [0.25, 0.3) is 0 Å². The smallest absolute Gasteiger partial charge is 0.153 e. The van der Waals surface area contributed by atoms with Crippen LogP contribution in [0.25, 0.3) is 0 Å². The van der Waals surface area contributed by atoms with E-state index in [1.165, 1.54) is 23.5 Å². The van der Waals surface area contributed by atoms with Crippen molar-refractivity contribution in [2.45, 2.75) is 0 Å². The Bertz CT molecular complexity index is 163. The van der Waals surface area contributed by atoms with Gasteiger partial charge in [-0.05, 0) is 0 Å². The lowest BCUT2D eigenvalue weighted by atomic mass is 11.0. The molecule has 7 heteroatoms. The Kier molecular flexibility index (Phi) is 12.2. The fraction of sp³-hybridized carbons (Fsp3) is 0.667. The summed E-state index contributed by atoms with van der Waals surface area (Å²) in [6.45, 7) is 0. The largest absolute Gasteiger partial charge is 0.379 e. The maximum absolute atomic E-state index is 5.46. The van der Waals surface area contributed by atoms with Crippen LogP contribution in [0.2, 0.25) is 0 Å². The highest BCUT2D eigenvalue weighted by Gasteiger charge is 1.94. The molecule has 0 heterocycles. The third kappa shape index (κ3) is 10.0. The average molecular weight is 287 g/mol. The van der Waals surface area contributed by atoms with E-state index in [4.69, 9.17) is 11.5 Å². The topological polar surface area (TPSA) is 76.8 Å². The van der Waals surface area contributed by atoms with E-state index in [0.29, 0.717) is 10.3 Å². The molecule has 0 bridgehead atoms. The minimum atomic E-state index is 0. The molecule has 78 valence electrons. The van der Waals surface area contributed by atoms with E-state index in [1.54, 1.807) is 14.1 Å². The molecular weight excluding hydrogens is 272 g/mol. The van der Waals surface area contributed by atoms with Gasteiger partial charge in [-0.25, -0.2) is 0 Å². The van der Waals surface area contributed by atoms with Crippen molar-refractivity contribution in [2.75, 3.05) is 25.6 Å². The maximum atomic E-state index is 5.46. The number of rotatable bonds is 3. The van der Waals surface area contributed by atoms with Crippen LogP contribution >= 0.6 is 40.5 Å². The molecule has 0 aliphatic carbocycles. The number of nitrogens with two attached hydrogens (primary N) is 2. The van der Waals surface area contributed by atoms with Crippen molar-refractivity contribution in [1.29, 1.82) is 0 Å². The summed E-state index contributed by atoms with van der Waals surface area (Å²) in [6.07, 6.45) is 0. The Hall–Kier alpha value is 0.120. The number of hydrogen-bond donors (Lipinski definition) is 2. The molecule has 0 aliphatic heterocycles. The number of hydrogen-bond acceptors (Lipinski definition) is 4. The van der Waals surface area contributed by atoms with Crippen LogP contribution in [0, 0.1) is 0 Å². The Morgan fingerprint density at radius 3 is 1.54 bits per heavy atom. The second-order valence-electron chi connectivity index (χ2n) is 1.82. The molecule has 0 saturated carbocycles. The van der Waals surface area contributed by atoms with Crippen LogP contribution in [0.15, 0.2) is 9.98 Å². The average Bonchev–Trinajstić information content (AvgIpc) is 2.11. The first-order valence-electron chi connectivity index (χ1n) is 3.40. The van der Waals surface area contributed by atoms with Crippen molar-refractivity contribution in [3.05, 3.63) is 0 Å². The summed E-state index contributed by atoms with van der Waals surface area (Å²) in [5.74, 6) is 1.81. The Morgan fingerprint density at radius 2 is 1.31 bits per heavy atom. The highest BCUT2D eigenvalue weighted by Crippen LogP contribution is 2.06. The molecule has 0 fully saturated rings. The van der Waals surface area contributed by atoms with Crippen molar-refractivity contribution < 1.29 is 0 Å². The van der Waals surface area contributed by atoms with Crippen molar-refractivity contribution in [3.63, 3.8) is 0 Å². The summed E-state index contributed by atoms with van der Waals surface area (Å²) >= 11 is 3.05. The van der Waals surface area contributed by atoms with Crippen molar-refractivity contribution in [3.8, 4) is 0 Å². The zero-order chi connectivity index (χ0) is 9.40. The fourth-order valence-electron chi connectivity index (χ4n) is 0.422. The van der Waals surface area contributed by atoms with E-state index >= 15 is 0 Å². The van der Waals surface area contributed by atoms with Gasteiger partial charge in [0.15, 0.2) is 10.3 Å². The Morgan fingerprint density at radius 1 is 1.00 bits per heavy atom. The third-order valence-corrected chi connectivity index (χ3v) is 3.06. The highest BCUT2D eigenvalue weighted by molar-refractivity contribution is 8.93. The quantitative estimate of drug-likeness (QED) is 0.460. The van der Waals surface area contributed by atoms with Crippen molar-refractivity contribution in [2.24, 2.45) is 21.5 Å². The minimum Gasteiger partial charge on any atom is -0.379 e. The van der Waals surface area contributed by atoms with Gasteiger partial charge in [0.05, 0.1) is 0 Å². The van der Waals surface area contributed by atoms with E-state index < -0.39 is 0 Å². The van der Waals surface area contributed by atoms with Gasteiger partial charge in [0.2, 0.25) is 0 Å². The maximum Gasteiger partial charge on any atom is 0.153 e. The molecule has 0 aromatic heterocycles. The number of nitrogens with zero attached hydrogens (tertiary/aromatic N) is 2. The Labute approximate surface area is 97.8 Å². The van der Waals surface area contributed by atoms with Gasteiger partial charge in [0, 0.05) is 25.6 Å². The first kappa shape index (κ1) is 15.6. The van der Waals surface area contributed by atoms with E-state index in [2.05, 4.69) is 9.98 Å². The molecule has 13 heavy (non-hydrogen) atoms. The van der Waals surface area contributed by atoms with Gasteiger partial charge < -0.3 is 11.5 Å². The first-order valence-corrected chi connectivity index (χ1v) is 5.38. The summed E-state index contributed by atoms with van der Waals surface area (Å²) in [5, 5.41) is 1.23. The molecule has 0 rings (SSSR count). The molecule has 4 nitrogen and oxygen atoms in total. The first-order chi connectivity index (χ1) is 5.70. The van der Waals surface area contributed by atoms with Gasteiger partial charge in [-0.15, -0.1) is 17.0 Å². The zero-order valence-electron chi connectivity index (χ0n) is 7.69. The summed E-state index contributed by atoms with van der Waals surface area (Å²) in [6, 6.07) is 0. The fourth-order valence-corrected chi connectivity index (χ4v) is 1.76. The van der Waals surface area contributed by atoms with E-state index in [-0.39, 0.29) is 17.0 Å². The summed E-state index contributed by atoms with van der Waals surface area (Å²) in [7, 11) is 3.36. The molecule has 0 saturated heterocycles. The summed E-state index contributed by atoms with van der Waals surface area (Å²) in [5.41, 5.74) is 10.9. The number of halogens is 1. The second kappa shape index (κ2) is 10.2. The van der Waals surface area contributed by atoms with E-state index in [1.807, 2.05) is 0 Å². The van der Waals surface area contributed by atoms with Gasteiger partial charge in [-0.1, -0.05) is 23.5 Å². The monoisotopic (exact) mass is 286 g/mol. The predicted octanol–water partition coefficient (Wildman–Crippen LogP) is 0.920. The van der Waals surface area contributed by atoms with Crippen molar-refractivity contribution in [1.82, 2.24) is 0 Å². The van der Waals surface area contributed by atoms with Gasteiger partial charge in [0.1, 0.15) is 0 Å². The van der Waals surface area contributed by atoms with Crippen LogP contribution in [-0.4, -0.2) is 35.9 Å². The van der Waals surface area contributed by atoms with Crippen LogP contribution in [0.1, 0.15) is 0 Å². The standard InChI is InChI=1S/C6H14N4S2.BrH/c1-9-5(7)11-3-4-12-6(8)10-2;/h3-4H2,1-2H3,(H2,7,9)(H2,8,10);1H. The van der Waals surface area contributed by atoms with Crippen LogP contribution in [0.4, 0.5) is 0 Å². The molecule has 0 atom stereocenters. The van der Waals surface area contributed by atoms with Crippen LogP contribution in [-0.2, 0) is 0 Å². The van der Waals surface area contributed by atoms with Crippen LogP contribution in [0.3, 0.4) is 0 Å². The van der Waals surface area contributed by atoms with Crippen LogP contribution in [0.5, 0.6) is 0 Å². The molecule has 0 amide bonds. The number of amidine groups is 2. The lowest BCUT2D eigenvalue weighted by Gasteiger charge is -1.99. The Balaban J connectivity index is 0.